The van der Waals surface area contributed by atoms with Crippen LogP contribution in [0.1, 0.15) is 0 Å². The Balaban J connectivity index is 2.71. The van der Waals surface area contributed by atoms with Gasteiger partial charge in [-0.05, 0) is 6.08 Å². The van der Waals surface area contributed by atoms with E-state index in [9.17, 15) is 9.59 Å². The van der Waals surface area contributed by atoms with Crippen LogP contribution < -0.4 is 5.32 Å². The Morgan fingerprint density at radius 2 is 1.73 bits per heavy atom. The third kappa shape index (κ3) is 1.15. The molecule has 1 N–H and O–H groups in total. The maximum Gasteiger partial charge on any atom is 0.256 e. The molecule has 1 aliphatic carbocycles. The van der Waals surface area contributed by atoms with Gasteiger partial charge in [-0.15, -0.1) is 11.6 Å². The summed E-state index contributed by atoms with van der Waals surface area (Å²) in [5.41, 5.74) is 0. The average molecular weight is 287 g/mol. The molecule has 0 aromatic rings. The van der Waals surface area contributed by atoms with Crippen molar-refractivity contribution >= 4 is 58.2 Å². The lowest BCUT2D eigenvalue weighted by Crippen LogP contribution is -2.49. The van der Waals surface area contributed by atoms with Crippen LogP contribution in [0, 0.1) is 0 Å². The van der Waals surface area contributed by atoms with Crippen LogP contribution >= 0.6 is 46.4 Å². The monoisotopic (exact) mass is 285 g/mol. The van der Waals surface area contributed by atoms with E-state index >= 15 is 0 Å². The van der Waals surface area contributed by atoms with Crippen LogP contribution in [-0.4, -0.2) is 21.6 Å². The van der Waals surface area contributed by atoms with Gasteiger partial charge in [-0.1, -0.05) is 40.9 Å². The summed E-state index contributed by atoms with van der Waals surface area (Å²) >= 11 is 23.6. The Morgan fingerprint density at radius 3 is 2.33 bits per heavy atom. The Bertz CT molecular complexity index is 444. The highest BCUT2D eigenvalue weighted by atomic mass is 35.5. The van der Waals surface area contributed by atoms with Gasteiger partial charge in [-0.3, -0.25) is 14.9 Å². The molecule has 0 saturated carbocycles. The minimum absolute atomic E-state index is 0.0905. The Labute approximate surface area is 105 Å². The Hall–Kier alpha value is -0.220. The van der Waals surface area contributed by atoms with Crippen LogP contribution in [0.25, 0.3) is 0 Å². The van der Waals surface area contributed by atoms with Crippen LogP contribution in [0.3, 0.4) is 0 Å². The van der Waals surface area contributed by atoms with Crippen molar-refractivity contribution in [3.05, 3.63) is 22.2 Å². The number of amides is 2. The van der Waals surface area contributed by atoms with Crippen molar-refractivity contribution in [1.29, 1.82) is 0 Å². The molecular weight excluding hydrogens is 284 g/mol. The van der Waals surface area contributed by atoms with Crippen molar-refractivity contribution in [1.82, 2.24) is 5.32 Å². The van der Waals surface area contributed by atoms with E-state index in [0.29, 0.717) is 0 Å². The molecule has 2 aliphatic rings. The number of imide groups is 1. The van der Waals surface area contributed by atoms with Crippen molar-refractivity contribution in [3.63, 3.8) is 0 Å². The summed E-state index contributed by atoms with van der Waals surface area (Å²) in [4.78, 5) is 19.5. The molecule has 7 heteroatoms. The second-order valence-electron chi connectivity index (χ2n) is 3.15. The number of hydrogen-bond acceptors (Lipinski definition) is 2. The zero-order valence-corrected chi connectivity index (χ0v) is 10.0. The molecule has 0 aromatic carbocycles. The quantitative estimate of drug-likeness (QED) is 0.546. The molecule has 0 bridgehead atoms. The average Bonchev–Trinajstić information content (AvgIpc) is 2.36. The number of alkyl halides is 2. The molecule has 2 atom stereocenters. The number of hydrogen-bond donors (Lipinski definition) is 1. The number of fused-ring (bicyclic) bond motifs is 1. The standard InChI is InChI=1S/C8H3Cl4NO2/c9-3-1-2-7(11)5(14)13-6(15)8(7,12)4(3)10/h1-2H,(H,13,14,15). The van der Waals surface area contributed by atoms with Crippen LogP contribution in [0.4, 0.5) is 0 Å². The van der Waals surface area contributed by atoms with Gasteiger partial charge in [0.05, 0.1) is 10.1 Å². The first-order valence-corrected chi connectivity index (χ1v) is 5.34. The molecule has 0 aromatic heterocycles. The number of carbonyl (C=O) groups excluding carboxylic acids is 2. The summed E-state index contributed by atoms with van der Waals surface area (Å²) in [5, 5.41) is 1.96. The van der Waals surface area contributed by atoms with Crippen LogP contribution in [0.15, 0.2) is 22.2 Å². The van der Waals surface area contributed by atoms with Gasteiger partial charge in [0.25, 0.3) is 11.8 Å². The van der Waals surface area contributed by atoms with E-state index < -0.39 is 21.6 Å². The second-order valence-corrected chi connectivity index (χ2v) is 5.10. The van der Waals surface area contributed by atoms with E-state index in [-0.39, 0.29) is 10.1 Å². The van der Waals surface area contributed by atoms with Gasteiger partial charge in [-0.2, -0.15) is 0 Å². The molecule has 2 unspecified atom stereocenters. The smallest absolute Gasteiger partial charge is 0.256 e. The summed E-state index contributed by atoms with van der Waals surface area (Å²) < 4.78 is 0. The van der Waals surface area contributed by atoms with Gasteiger partial charge >= 0.3 is 0 Å². The van der Waals surface area contributed by atoms with Gasteiger partial charge in [0.1, 0.15) is 0 Å². The molecule has 15 heavy (non-hydrogen) atoms. The lowest BCUT2D eigenvalue weighted by Gasteiger charge is -2.31. The maximum absolute atomic E-state index is 11.5. The van der Waals surface area contributed by atoms with Gasteiger partial charge in [0.15, 0.2) is 9.75 Å². The predicted molar refractivity (Wildman–Crippen MR) is 58.2 cm³/mol. The number of halogens is 4. The number of carbonyl (C=O) groups is 2. The van der Waals surface area contributed by atoms with E-state index in [1.807, 2.05) is 5.32 Å². The first-order valence-electron chi connectivity index (χ1n) is 3.82. The Morgan fingerprint density at radius 1 is 1.13 bits per heavy atom. The SMILES string of the molecule is O=C1NC(=O)C2(Cl)C(Cl)=C(Cl)C=CC12Cl. The molecule has 1 heterocycles. The van der Waals surface area contributed by atoms with Gasteiger partial charge in [0.2, 0.25) is 0 Å². The van der Waals surface area contributed by atoms with Crippen molar-refractivity contribution in [3.8, 4) is 0 Å². The Kier molecular flexibility index (Phi) is 2.36. The van der Waals surface area contributed by atoms with Crippen molar-refractivity contribution in [2.75, 3.05) is 0 Å². The highest BCUT2D eigenvalue weighted by Crippen LogP contribution is 2.51. The highest BCUT2D eigenvalue weighted by molar-refractivity contribution is 6.61. The molecule has 3 nitrogen and oxygen atoms in total. The summed E-state index contributed by atoms with van der Waals surface area (Å²) in [7, 11) is 0. The summed E-state index contributed by atoms with van der Waals surface area (Å²) in [6.07, 6.45) is 2.60. The van der Waals surface area contributed by atoms with E-state index in [2.05, 4.69) is 0 Å². The number of rotatable bonds is 0. The highest BCUT2D eigenvalue weighted by Gasteiger charge is 2.67. The fraction of sp³-hybridized carbons (Fsp3) is 0.250. The topological polar surface area (TPSA) is 46.2 Å². The molecule has 1 saturated heterocycles. The van der Waals surface area contributed by atoms with Crippen molar-refractivity contribution in [2.24, 2.45) is 0 Å². The summed E-state index contributed by atoms with van der Waals surface area (Å²) in [6.45, 7) is 0. The summed E-state index contributed by atoms with van der Waals surface area (Å²) in [6, 6.07) is 0. The van der Waals surface area contributed by atoms with Gasteiger partial charge in [0, 0.05) is 0 Å². The lowest BCUT2D eigenvalue weighted by molar-refractivity contribution is -0.125. The van der Waals surface area contributed by atoms with Crippen LogP contribution in [0.2, 0.25) is 0 Å². The molecule has 1 fully saturated rings. The molecule has 2 amide bonds. The molecule has 0 radical (unpaired) electrons. The molecule has 1 aliphatic heterocycles. The van der Waals surface area contributed by atoms with Crippen molar-refractivity contribution in [2.45, 2.75) is 9.75 Å². The fourth-order valence-corrected chi connectivity index (χ4v) is 2.67. The van der Waals surface area contributed by atoms with Crippen molar-refractivity contribution < 1.29 is 9.59 Å². The first kappa shape index (κ1) is 11.3. The second kappa shape index (κ2) is 3.14. The van der Waals surface area contributed by atoms with Crippen LogP contribution in [0.5, 0.6) is 0 Å². The zero-order valence-electron chi connectivity index (χ0n) is 6.98. The van der Waals surface area contributed by atoms with Crippen LogP contribution in [-0.2, 0) is 9.59 Å². The molecule has 80 valence electrons. The third-order valence-electron chi connectivity index (χ3n) is 2.34. The van der Waals surface area contributed by atoms with Gasteiger partial charge in [-0.25, -0.2) is 0 Å². The van der Waals surface area contributed by atoms with E-state index in [0.717, 1.165) is 0 Å². The zero-order chi connectivity index (χ0) is 11.4. The molecular formula is C8H3Cl4NO2. The van der Waals surface area contributed by atoms with E-state index in [4.69, 9.17) is 46.4 Å². The number of allylic oxidation sites excluding steroid dienone is 2. The third-order valence-corrected chi connectivity index (χ3v) is 4.68. The fourth-order valence-electron chi connectivity index (χ4n) is 1.48. The molecule has 0 spiro atoms. The first-order chi connectivity index (χ1) is 6.84. The van der Waals surface area contributed by atoms with Gasteiger partial charge < -0.3 is 0 Å². The lowest BCUT2D eigenvalue weighted by atomic mass is 9.88. The number of nitrogens with one attached hydrogen (secondary N) is 1. The minimum atomic E-state index is -1.85. The summed E-state index contributed by atoms with van der Waals surface area (Å²) in [5.74, 6) is -1.47. The predicted octanol–water partition coefficient (Wildman–Crippen LogP) is 1.86. The normalized spacial score (nSPS) is 39.5. The maximum atomic E-state index is 11.5. The van der Waals surface area contributed by atoms with E-state index in [1.54, 1.807) is 0 Å². The minimum Gasteiger partial charge on any atom is -0.293 e. The molecule has 2 rings (SSSR count). The largest absolute Gasteiger partial charge is 0.293 e. The van der Waals surface area contributed by atoms with E-state index in [1.165, 1.54) is 12.2 Å².